The van der Waals surface area contributed by atoms with Gasteiger partial charge in [-0.2, -0.15) is 0 Å². The smallest absolute Gasteiger partial charge is 0.363 e. The molecule has 4 rings (SSSR count). The highest BCUT2D eigenvalue weighted by Crippen LogP contribution is 2.25. The molecule has 0 atom stereocenters. The van der Waals surface area contributed by atoms with Crippen LogP contribution in [0.15, 0.2) is 86.4 Å². The van der Waals surface area contributed by atoms with E-state index in [2.05, 4.69) is 59.4 Å². The van der Waals surface area contributed by atoms with Gasteiger partial charge in [-0.1, -0.05) is 40.2 Å². The molecule has 1 aliphatic heterocycles. The Morgan fingerprint density at radius 3 is 2.60 bits per heavy atom. The molecule has 1 aliphatic rings. The number of carbonyl (C=O) groups excluding carboxylic acids is 1. The molecule has 3 aromatic carbocycles. The number of hydrogen-bond acceptors (Lipinski definition) is 4. The Hall–Kier alpha value is -1.97. The van der Waals surface area contributed by atoms with Crippen LogP contribution in [-0.2, 0) is 16.1 Å². The predicted octanol–water partition coefficient (Wildman–Crippen LogP) is 6.74. The zero-order valence-corrected chi connectivity index (χ0v) is 20.8. The van der Waals surface area contributed by atoms with Gasteiger partial charge in [-0.3, -0.25) is 0 Å². The maximum atomic E-state index is 12.3. The third-order valence-corrected chi connectivity index (χ3v) is 7.13. The van der Waals surface area contributed by atoms with Crippen LogP contribution in [0.1, 0.15) is 16.7 Å². The quantitative estimate of drug-likeness (QED) is 0.177. The second-order valence-electron chi connectivity index (χ2n) is 6.45. The molecule has 0 aromatic heterocycles. The Labute approximate surface area is 204 Å². The van der Waals surface area contributed by atoms with E-state index in [9.17, 15) is 4.79 Å². The van der Waals surface area contributed by atoms with Crippen molar-refractivity contribution >= 4 is 72.4 Å². The van der Waals surface area contributed by atoms with Crippen molar-refractivity contribution in [1.82, 2.24) is 0 Å². The summed E-state index contributed by atoms with van der Waals surface area (Å²) in [5.74, 6) is 0.538. The van der Waals surface area contributed by atoms with E-state index in [-0.39, 0.29) is 5.70 Å². The second kappa shape index (κ2) is 9.45. The molecule has 0 spiro atoms. The van der Waals surface area contributed by atoms with Crippen molar-refractivity contribution in [2.45, 2.75) is 6.61 Å². The van der Waals surface area contributed by atoms with Crippen molar-refractivity contribution in [3.05, 3.63) is 102 Å². The molecule has 30 heavy (non-hydrogen) atoms. The van der Waals surface area contributed by atoms with E-state index >= 15 is 0 Å². The molecule has 0 amide bonds. The largest absolute Gasteiger partial charge is 0.489 e. The van der Waals surface area contributed by atoms with E-state index in [4.69, 9.17) is 9.47 Å². The molecule has 0 unspecified atom stereocenters. The monoisotopic (exact) mass is 637 g/mol. The topological polar surface area (TPSA) is 47.9 Å². The molecule has 0 fully saturated rings. The maximum Gasteiger partial charge on any atom is 0.363 e. The van der Waals surface area contributed by atoms with Crippen molar-refractivity contribution in [3.63, 3.8) is 0 Å². The molecule has 0 saturated carbocycles. The van der Waals surface area contributed by atoms with E-state index in [1.165, 1.54) is 0 Å². The van der Waals surface area contributed by atoms with Crippen molar-refractivity contribution in [2.75, 3.05) is 0 Å². The van der Waals surface area contributed by atoms with Crippen LogP contribution >= 0.6 is 54.5 Å². The normalized spacial score (nSPS) is 14.6. The number of rotatable bonds is 5. The lowest BCUT2D eigenvalue weighted by molar-refractivity contribution is -0.129. The second-order valence-corrected chi connectivity index (χ2v) is 9.38. The summed E-state index contributed by atoms with van der Waals surface area (Å²) in [6.07, 6.45) is 1.70. The third-order valence-electron chi connectivity index (χ3n) is 4.27. The summed E-state index contributed by atoms with van der Waals surface area (Å²) in [4.78, 5) is 16.7. The number of ether oxygens (including phenoxy) is 2. The van der Waals surface area contributed by atoms with Crippen LogP contribution < -0.4 is 4.74 Å². The first kappa shape index (κ1) is 21.3. The average Bonchev–Trinajstić information content (AvgIpc) is 3.10. The Morgan fingerprint density at radius 1 is 1.03 bits per heavy atom. The van der Waals surface area contributed by atoms with Gasteiger partial charge in [-0.15, -0.1) is 0 Å². The molecule has 4 nitrogen and oxygen atoms in total. The van der Waals surface area contributed by atoms with Gasteiger partial charge in [0.25, 0.3) is 0 Å². The molecule has 0 radical (unpaired) electrons. The summed E-state index contributed by atoms with van der Waals surface area (Å²) in [6, 6.07) is 21.2. The van der Waals surface area contributed by atoms with Crippen LogP contribution in [0.2, 0.25) is 0 Å². The molecule has 0 aliphatic carbocycles. The van der Waals surface area contributed by atoms with E-state index < -0.39 is 5.97 Å². The summed E-state index contributed by atoms with van der Waals surface area (Å²) in [5.41, 5.74) is 2.87. The van der Waals surface area contributed by atoms with Gasteiger partial charge < -0.3 is 9.47 Å². The van der Waals surface area contributed by atoms with Crippen LogP contribution in [0.4, 0.5) is 0 Å². The summed E-state index contributed by atoms with van der Waals surface area (Å²) in [5, 5.41) is 0. The summed E-state index contributed by atoms with van der Waals surface area (Å²) in [6.45, 7) is 0.458. The third kappa shape index (κ3) is 5.19. The van der Waals surface area contributed by atoms with Gasteiger partial charge in [-0.05, 0) is 98.2 Å². The fourth-order valence-corrected chi connectivity index (χ4v) is 3.74. The molecule has 3 aromatic rings. The van der Waals surface area contributed by atoms with Gasteiger partial charge in [0, 0.05) is 18.1 Å². The lowest BCUT2D eigenvalue weighted by Gasteiger charge is -2.07. The van der Waals surface area contributed by atoms with Crippen LogP contribution in [0.5, 0.6) is 5.75 Å². The van der Waals surface area contributed by atoms with Crippen LogP contribution in [0.25, 0.3) is 6.08 Å². The number of nitrogens with zero attached hydrogens (tertiary/aromatic N) is 1. The minimum absolute atomic E-state index is 0.254. The van der Waals surface area contributed by atoms with E-state index in [0.29, 0.717) is 18.3 Å². The summed E-state index contributed by atoms with van der Waals surface area (Å²) in [7, 11) is 0. The first-order valence-electron chi connectivity index (χ1n) is 8.93. The minimum Gasteiger partial charge on any atom is -0.489 e. The number of carbonyl (C=O) groups is 1. The summed E-state index contributed by atoms with van der Waals surface area (Å²) < 4.78 is 14.3. The fourth-order valence-electron chi connectivity index (χ4n) is 2.76. The predicted molar refractivity (Wildman–Crippen MR) is 132 cm³/mol. The molecule has 0 saturated heterocycles. The number of esters is 1. The van der Waals surface area contributed by atoms with Gasteiger partial charge >= 0.3 is 5.97 Å². The van der Waals surface area contributed by atoms with Gasteiger partial charge in [0.1, 0.15) is 12.4 Å². The fraction of sp³-hybridized carbons (Fsp3) is 0.0435. The number of cyclic esters (lactones) is 1. The van der Waals surface area contributed by atoms with Gasteiger partial charge in [-0.25, -0.2) is 9.79 Å². The molecule has 0 bridgehead atoms. The van der Waals surface area contributed by atoms with Crippen molar-refractivity contribution in [1.29, 1.82) is 0 Å². The standard InChI is InChI=1S/C23H14Br2INO3/c24-17-7-4-14(5-8-17)13-29-18-3-1-2-15(10-18)11-21-23(28)30-22(27-21)16-6-9-20(26)19(25)12-16/h1-12H,13H2/b21-11-. The first-order chi connectivity index (χ1) is 14.5. The highest BCUT2D eigenvalue weighted by molar-refractivity contribution is 14.1. The zero-order chi connectivity index (χ0) is 21.1. The Morgan fingerprint density at radius 2 is 1.83 bits per heavy atom. The Bertz CT molecular complexity index is 1170. The van der Waals surface area contributed by atoms with Gasteiger partial charge in [0.05, 0.1) is 0 Å². The lowest BCUT2D eigenvalue weighted by atomic mass is 10.2. The highest BCUT2D eigenvalue weighted by Gasteiger charge is 2.24. The number of hydrogen-bond donors (Lipinski definition) is 0. The zero-order valence-electron chi connectivity index (χ0n) is 15.4. The molecule has 150 valence electrons. The van der Waals surface area contributed by atoms with E-state index in [1.54, 1.807) is 6.08 Å². The Kier molecular flexibility index (Phi) is 6.70. The van der Waals surface area contributed by atoms with E-state index in [1.807, 2.05) is 66.7 Å². The van der Waals surface area contributed by atoms with E-state index in [0.717, 1.165) is 29.2 Å². The van der Waals surface area contributed by atoms with Crippen LogP contribution in [0.3, 0.4) is 0 Å². The Balaban J connectivity index is 1.51. The van der Waals surface area contributed by atoms with Gasteiger partial charge in [0.2, 0.25) is 5.90 Å². The molecule has 1 heterocycles. The first-order valence-corrected chi connectivity index (χ1v) is 11.6. The number of aliphatic imine (C=N–C) groups is 1. The van der Waals surface area contributed by atoms with Crippen molar-refractivity contribution in [2.24, 2.45) is 4.99 Å². The lowest BCUT2D eigenvalue weighted by Crippen LogP contribution is -2.05. The maximum absolute atomic E-state index is 12.3. The minimum atomic E-state index is -0.471. The van der Waals surface area contributed by atoms with Crippen molar-refractivity contribution < 1.29 is 14.3 Å². The molecular formula is C23H14Br2INO3. The average molecular weight is 639 g/mol. The molecular weight excluding hydrogens is 625 g/mol. The number of benzene rings is 3. The van der Waals surface area contributed by atoms with Crippen LogP contribution in [0, 0.1) is 3.57 Å². The molecule has 7 heteroatoms. The van der Waals surface area contributed by atoms with Crippen LogP contribution in [-0.4, -0.2) is 11.9 Å². The highest BCUT2D eigenvalue weighted by atomic mass is 127. The number of halogens is 3. The van der Waals surface area contributed by atoms with Gasteiger partial charge in [0.15, 0.2) is 5.70 Å². The summed E-state index contributed by atoms with van der Waals surface area (Å²) >= 11 is 9.13. The van der Waals surface area contributed by atoms with Crippen molar-refractivity contribution in [3.8, 4) is 5.75 Å². The SMILES string of the molecule is O=C1OC(c2ccc(I)c(Br)c2)=N/C1=C\c1cccc(OCc2ccc(Br)cc2)c1. The molecule has 0 N–H and O–H groups in total.